The molecule has 0 bridgehead atoms. The molecule has 0 saturated carbocycles. The molecule has 1 heterocycles. The van der Waals surface area contributed by atoms with Crippen LogP contribution in [0.3, 0.4) is 0 Å². The van der Waals surface area contributed by atoms with Crippen LogP contribution in [-0.4, -0.2) is 24.1 Å². The third-order valence-corrected chi connectivity index (χ3v) is 1.91. The number of hydrogen-bond donors (Lipinski definition) is 2. The average Bonchev–Trinajstić information content (AvgIpc) is 1.79. The van der Waals surface area contributed by atoms with Gasteiger partial charge in [0, 0.05) is 6.54 Å². The Balaban J connectivity index is 2.12. The van der Waals surface area contributed by atoms with E-state index in [9.17, 15) is 0 Å². The van der Waals surface area contributed by atoms with E-state index in [4.69, 9.17) is 0 Å². The largest absolute Gasteiger partial charge is 0.304 e. The summed E-state index contributed by atoms with van der Waals surface area (Å²) in [7, 11) is 0. The highest BCUT2D eigenvalue weighted by Gasteiger charge is 2.00. The zero-order valence-electron chi connectivity index (χ0n) is 5.64. The SMILES string of the molecule is SN1CCCCCNC1. The molecule has 0 amide bonds. The predicted molar refractivity (Wildman–Crippen MR) is 42.4 cm³/mol. The van der Waals surface area contributed by atoms with E-state index in [-0.39, 0.29) is 0 Å². The molecule has 1 fully saturated rings. The lowest BCUT2D eigenvalue weighted by Gasteiger charge is -2.18. The Morgan fingerprint density at radius 3 is 3.00 bits per heavy atom. The van der Waals surface area contributed by atoms with Crippen molar-refractivity contribution in [3.63, 3.8) is 0 Å². The molecule has 1 rings (SSSR count). The molecule has 0 atom stereocenters. The molecule has 0 radical (unpaired) electrons. The van der Waals surface area contributed by atoms with Crippen LogP contribution >= 0.6 is 12.8 Å². The van der Waals surface area contributed by atoms with Crippen molar-refractivity contribution in [2.75, 3.05) is 19.8 Å². The number of thiol groups is 1. The van der Waals surface area contributed by atoms with Crippen LogP contribution in [-0.2, 0) is 0 Å². The van der Waals surface area contributed by atoms with Crippen molar-refractivity contribution in [2.45, 2.75) is 19.3 Å². The first kappa shape index (κ1) is 7.38. The summed E-state index contributed by atoms with van der Waals surface area (Å²) in [6, 6.07) is 0. The summed E-state index contributed by atoms with van der Waals surface area (Å²) in [6.45, 7) is 3.20. The quantitative estimate of drug-likeness (QED) is 0.493. The maximum Gasteiger partial charge on any atom is 0.0578 e. The zero-order valence-corrected chi connectivity index (χ0v) is 6.53. The smallest absolute Gasteiger partial charge is 0.0578 e. The van der Waals surface area contributed by atoms with E-state index >= 15 is 0 Å². The van der Waals surface area contributed by atoms with E-state index in [1.165, 1.54) is 19.3 Å². The normalized spacial score (nSPS) is 25.0. The minimum atomic E-state index is 0.934. The van der Waals surface area contributed by atoms with Crippen molar-refractivity contribution >= 4 is 12.8 Å². The van der Waals surface area contributed by atoms with Crippen LogP contribution in [0.2, 0.25) is 0 Å². The molecule has 1 aliphatic rings. The minimum absolute atomic E-state index is 0.934. The lowest BCUT2D eigenvalue weighted by molar-refractivity contribution is 0.383. The monoisotopic (exact) mass is 146 g/mol. The molecule has 1 saturated heterocycles. The van der Waals surface area contributed by atoms with Gasteiger partial charge in [0.15, 0.2) is 0 Å². The highest BCUT2D eigenvalue weighted by molar-refractivity contribution is 7.77. The Labute approximate surface area is 62.2 Å². The van der Waals surface area contributed by atoms with Gasteiger partial charge in [-0.1, -0.05) is 19.2 Å². The Bertz CT molecular complexity index is 69.5. The van der Waals surface area contributed by atoms with Gasteiger partial charge in [-0.3, -0.25) is 0 Å². The third-order valence-electron chi connectivity index (χ3n) is 1.56. The molecule has 0 aromatic rings. The Morgan fingerprint density at radius 1 is 1.22 bits per heavy atom. The number of hydrogen-bond acceptors (Lipinski definition) is 3. The Morgan fingerprint density at radius 2 is 2.11 bits per heavy atom. The summed E-state index contributed by atoms with van der Waals surface area (Å²) in [5.74, 6) is 0. The van der Waals surface area contributed by atoms with Crippen molar-refractivity contribution in [1.29, 1.82) is 0 Å². The summed E-state index contributed by atoms with van der Waals surface area (Å²) < 4.78 is 2.03. The second kappa shape index (κ2) is 4.14. The van der Waals surface area contributed by atoms with Gasteiger partial charge in [0.1, 0.15) is 0 Å². The number of rotatable bonds is 0. The fraction of sp³-hybridized carbons (Fsp3) is 1.00. The van der Waals surface area contributed by atoms with Crippen molar-refractivity contribution in [3.8, 4) is 0 Å². The summed E-state index contributed by atoms with van der Waals surface area (Å²) >= 11 is 4.25. The molecule has 3 heteroatoms. The molecular weight excluding hydrogens is 132 g/mol. The van der Waals surface area contributed by atoms with Crippen molar-refractivity contribution < 1.29 is 0 Å². The van der Waals surface area contributed by atoms with E-state index in [2.05, 4.69) is 18.1 Å². The topological polar surface area (TPSA) is 15.3 Å². The molecule has 0 aromatic carbocycles. The van der Waals surface area contributed by atoms with Gasteiger partial charge in [-0.15, -0.1) is 0 Å². The molecular formula is C6H14N2S. The van der Waals surface area contributed by atoms with Crippen LogP contribution < -0.4 is 5.32 Å². The molecule has 1 aliphatic heterocycles. The first-order valence-corrected chi connectivity index (χ1v) is 3.94. The van der Waals surface area contributed by atoms with Crippen molar-refractivity contribution in [2.24, 2.45) is 0 Å². The summed E-state index contributed by atoms with van der Waals surface area (Å²) in [4.78, 5) is 0. The highest BCUT2D eigenvalue weighted by Crippen LogP contribution is 2.02. The lowest BCUT2D eigenvalue weighted by atomic mass is 10.2. The highest BCUT2D eigenvalue weighted by atomic mass is 32.1. The molecule has 0 aliphatic carbocycles. The average molecular weight is 146 g/mol. The lowest BCUT2D eigenvalue weighted by Crippen LogP contribution is -2.31. The van der Waals surface area contributed by atoms with Crippen LogP contribution in [0.25, 0.3) is 0 Å². The van der Waals surface area contributed by atoms with Crippen LogP contribution in [0.15, 0.2) is 0 Å². The summed E-state index contributed by atoms with van der Waals surface area (Å²) in [6.07, 6.45) is 3.96. The molecule has 0 spiro atoms. The van der Waals surface area contributed by atoms with Gasteiger partial charge < -0.3 is 5.32 Å². The first-order valence-electron chi connectivity index (χ1n) is 3.54. The molecule has 0 aromatic heterocycles. The predicted octanol–water partition coefficient (Wildman–Crippen LogP) is 0.864. The van der Waals surface area contributed by atoms with Crippen LogP contribution in [0.1, 0.15) is 19.3 Å². The van der Waals surface area contributed by atoms with Crippen LogP contribution in [0.4, 0.5) is 0 Å². The zero-order chi connectivity index (χ0) is 6.53. The van der Waals surface area contributed by atoms with Crippen molar-refractivity contribution in [1.82, 2.24) is 9.62 Å². The maximum atomic E-state index is 4.25. The van der Waals surface area contributed by atoms with E-state index in [1.54, 1.807) is 0 Å². The van der Waals surface area contributed by atoms with Gasteiger partial charge in [-0.2, -0.15) is 0 Å². The maximum absolute atomic E-state index is 4.25. The Kier molecular flexibility index (Phi) is 3.40. The van der Waals surface area contributed by atoms with Gasteiger partial charge in [0.25, 0.3) is 0 Å². The second-order valence-corrected chi connectivity index (χ2v) is 3.01. The van der Waals surface area contributed by atoms with E-state index < -0.39 is 0 Å². The molecule has 0 unspecified atom stereocenters. The first-order chi connectivity index (χ1) is 4.39. The Hall–Kier alpha value is 0.270. The van der Waals surface area contributed by atoms with E-state index in [1.807, 2.05) is 4.31 Å². The van der Waals surface area contributed by atoms with Gasteiger partial charge in [-0.25, -0.2) is 4.31 Å². The standard InChI is InChI=1S/C6H14N2S/c9-8-5-3-1-2-4-7-6-8/h7,9H,1-6H2. The van der Waals surface area contributed by atoms with Gasteiger partial charge >= 0.3 is 0 Å². The number of nitrogens with one attached hydrogen (secondary N) is 1. The van der Waals surface area contributed by atoms with Gasteiger partial charge in [-0.05, 0) is 19.4 Å². The fourth-order valence-electron chi connectivity index (χ4n) is 1.01. The summed E-state index contributed by atoms with van der Waals surface area (Å²) in [5.41, 5.74) is 0. The van der Waals surface area contributed by atoms with Gasteiger partial charge in [0.05, 0.1) is 6.67 Å². The molecule has 9 heavy (non-hydrogen) atoms. The molecule has 54 valence electrons. The van der Waals surface area contributed by atoms with Crippen LogP contribution in [0.5, 0.6) is 0 Å². The number of nitrogens with zero attached hydrogens (tertiary/aromatic N) is 1. The fourth-order valence-corrected chi connectivity index (χ4v) is 1.25. The van der Waals surface area contributed by atoms with Crippen LogP contribution in [0, 0.1) is 0 Å². The summed E-state index contributed by atoms with van der Waals surface area (Å²) in [5, 5.41) is 3.29. The van der Waals surface area contributed by atoms with E-state index in [0.717, 1.165) is 19.8 Å². The second-order valence-electron chi connectivity index (χ2n) is 2.45. The van der Waals surface area contributed by atoms with E-state index in [0.29, 0.717) is 0 Å². The minimum Gasteiger partial charge on any atom is -0.304 e. The third kappa shape index (κ3) is 3.08. The molecule has 2 nitrogen and oxygen atoms in total. The van der Waals surface area contributed by atoms with Gasteiger partial charge in [0.2, 0.25) is 0 Å². The van der Waals surface area contributed by atoms with Crippen molar-refractivity contribution in [3.05, 3.63) is 0 Å². The molecule has 1 N–H and O–H groups in total.